The Labute approximate surface area is 179 Å². The number of rotatable bonds is 6. The van der Waals surface area contributed by atoms with E-state index in [0.717, 1.165) is 18.4 Å². The summed E-state index contributed by atoms with van der Waals surface area (Å²) in [6.45, 7) is 4.30. The first-order valence-electron chi connectivity index (χ1n) is 10.4. The van der Waals surface area contributed by atoms with E-state index in [-0.39, 0.29) is 24.0 Å². The number of amides is 1. The Hall–Kier alpha value is -3.55. The SMILES string of the molecule is CCCCN1C(=O)[C@@H](C(=O)OCC)[C@H](c2ccc(O)c(O)c2)n2c1nc1ccccc12. The van der Waals surface area contributed by atoms with Crippen molar-refractivity contribution >= 4 is 28.9 Å². The number of unbranched alkanes of at least 4 members (excludes halogenated alkanes) is 1. The third-order valence-corrected chi connectivity index (χ3v) is 5.56. The average molecular weight is 423 g/mol. The van der Waals surface area contributed by atoms with Crippen molar-refractivity contribution in [2.75, 3.05) is 18.1 Å². The molecule has 0 fully saturated rings. The molecule has 1 amide bonds. The molecule has 1 aromatic heterocycles. The van der Waals surface area contributed by atoms with Crippen LogP contribution in [0, 0.1) is 5.92 Å². The number of hydrogen-bond acceptors (Lipinski definition) is 6. The number of carbonyl (C=O) groups excluding carboxylic acids is 2. The van der Waals surface area contributed by atoms with Crippen LogP contribution in [0.1, 0.15) is 38.3 Å². The molecule has 2 aromatic carbocycles. The number of hydrogen-bond donors (Lipinski definition) is 2. The third-order valence-electron chi connectivity index (χ3n) is 5.56. The Bertz CT molecular complexity index is 1140. The highest BCUT2D eigenvalue weighted by atomic mass is 16.5. The van der Waals surface area contributed by atoms with Crippen LogP contribution in [0.5, 0.6) is 11.5 Å². The van der Waals surface area contributed by atoms with Gasteiger partial charge in [-0.1, -0.05) is 31.5 Å². The van der Waals surface area contributed by atoms with Crippen LogP contribution in [0.2, 0.25) is 0 Å². The molecule has 31 heavy (non-hydrogen) atoms. The first-order chi connectivity index (χ1) is 15.0. The van der Waals surface area contributed by atoms with E-state index >= 15 is 0 Å². The van der Waals surface area contributed by atoms with Crippen molar-refractivity contribution < 1.29 is 24.5 Å². The molecule has 1 aliphatic heterocycles. The Morgan fingerprint density at radius 3 is 2.61 bits per heavy atom. The first kappa shape index (κ1) is 20.7. The van der Waals surface area contributed by atoms with Gasteiger partial charge < -0.3 is 19.5 Å². The van der Waals surface area contributed by atoms with E-state index in [1.54, 1.807) is 17.9 Å². The Morgan fingerprint density at radius 1 is 1.13 bits per heavy atom. The van der Waals surface area contributed by atoms with Gasteiger partial charge in [0.2, 0.25) is 11.9 Å². The molecule has 0 saturated carbocycles. The van der Waals surface area contributed by atoms with Crippen LogP contribution in [-0.2, 0) is 14.3 Å². The smallest absolute Gasteiger partial charge is 0.321 e. The molecule has 2 N–H and O–H groups in total. The summed E-state index contributed by atoms with van der Waals surface area (Å²) >= 11 is 0. The number of fused-ring (bicyclic) bond motifs is 3. The number of ether oxygens (including phenoxy) is 1. The normalized spacial score (nSPS) is 18.3. The molecule has 0 saturated heterocycles. The van der Waals surface area contributed by atoms with E-state index in [0.29, 0.717) is 23.6 Å². The van der Waals surface area contributed by atoms with Crippen LogP contribution < -0.4 is 4.90 Å². The van der Waals surface area contributed by atoms with Crippen molar-refractivity contribution in [1.82, 2.24) is 9.55 Å². The zero-order chi connectivity index (χ0) is 22.1. The van der Waals surface area contributed by atoms with E-state index in [4.69, 9.17) is 9.72 Å². The van der Waals surface area contributed by atoms with E-state index in [2.05, 4.69) is 0 Å². The lowest BCUT2D eigenvalue weighted by Crippen LogP contribution is -2.50. The molecular formula is C23H25N3O5. The van der Waals surface area contributed by atoms with Crippen molar-refractivity contribution in [1.29, 1.82) is 0 Å². The van der Waals surface area contributed by atoms with Gasteiger partial charge in [-0.3, -0.25) is 14.5 Å². The van der Waals surface area contributed by atoms with Crippen LogP contribution in [-0.4, -0.2) is 44.8 Å². The highest BCUT2D eigenvalue weighted by Crippen LogP contribution is 2.42. The predicted octanol–water partition coefficient (Wildman–Crippen LogP) is 3.36. The number of para-hydroxylation sites is 2. The summed E-state index contributed by atoms with van der Waals surface area (Å²) in [5.41, 5.74) is 1.96. The molecule has 8 heteroatoms. The van der Waals surface area contributed by atoms with Crippen molar-refractivity contribution in [2.45, 2.75) is 32.7 Å². The van der Waals surface area contributed by atoms with Crippen LogP contribution >= 0.6 is 0 Å². The average Bonchev–Trinajstić information content (AvgIpc) is 3.13. The molecule has 8 nitrogen and oxygen atoms in total. The zero-order valence-corrected chi connectivity index (χ0v) is 17.5. The lowest BCUT2D eigenvalue weighted by Gasteiger charge is -2.38. The molecule has 0 unspecified atom stereocenters. The summed E-state index contributed by atoms with van der Waals surface area (Å²) in [6, 6.07) is 11.0. The minimum atomic E-state index is -1.15. The number of imidazole rings is 1. The van der Waals surface area contributed by atoms with Gasteiger partial charge in [-0.15, -0.1) is 0 Å². The lowest BCUT2D eigenvalue weighted by molar-refractivity contribution is -0.153. The number of phenols is 2. The highest BCUT2D eigenvalue weighted by Gasteiger charge is 2.47. The van der Waals surface area contributed by atoms with Crippen molar-refractivity contribution in [3.05, 3.63) is 48.0 Å². The second-order valence-electron chi connectivity index (χ2n) is 7.54. The summed E-state index contributed by atoms with van der Waals surface area (Å²) in [5.74, 6) is -2.31. The monoisotopic (exact) mass is 423 g/mol. The number of phenolic OH excluding ortho intramolecular Hbond substituents is 2. The Kier molecular flexibility index (Phi) is 5.54. The fourth-order valence-corrected chi connectivity index (χ4v) is 4.10. The van der Waals surface area contributed by atoms with Gasteiger partial charge in [0.25, 0.3) is 0 Å². The summed E-state index contributed by atoms with van der Waals surface area (Å²) in [5, 5.41) is 19.9. The minimum absolute atomic E-state index is 0.142. The molecule has 2 atom stereocenters. The summed E-state index contributed by atoms with van der Waals surface area (Å²) in [6.07, 6.45) is 1.64. The van der Waals surface area contributed by atoms with E-state index in [1.807, 2.05) is 35.8 Å². The molecule has 4 rings (SSSR count). The van der Waals surface area contributed by atoms with Crippen LogP contribution in [0.4, 0.5) is 5.95 Å². The van der Waals surface area contributed by atoms with Gasteiger partial charge in [-0.2, -0.15) is 0 Å². The molecule has 3 aromatic rings. The zero-order valence-electron chi connectivity index (χ0n) is 17.5. The number of aromatic nitrogens is 2. The molecular weight excluding hydrogens is 398 g/mol. The number of aromatic hydroxyl groups is 2. The maximum absolute atomic E-state index is 13.6. The van der Waals surface area contributed by atoms with Gasteiger partial charge >= 0.3 is 5.97 Å². The largest absolute Gasteiger partial charge is 0.504 e. The Morgan fingerprint density at radius 2 is 1.90 bits per heavy atom. The maximum Gasteiger partial charge on any atom is 0.321 e. The molecule has 0 radical (unpaired) electrons. The maximum atomic E-state index is 13.6. The van der Waals surface area contributed by atoms with Crippen molar-refractivity contribution in [3.63, 3.8) is 0 Å². The van der Waals surface area contributed by atoms with Crippen molar-refractivity contribution in [2.24, 2.45) is 5.92 Å². The molecule has 2 heterocycles. The minimum Gasteiger partial charge on any atom is -0.504 e. The van der Waals surface area contributed by atoms with E-state index in [1.165, 1.54) is 12.1 Å². The molecule has 0 aliphatic carbocycles. The van der Waals surface area contributed by atoms with E-state index < -0.39 is 17.9 Å². The summed E-state index contributed by atoms with van der Waals surface area (Å²) in [4.78, 5) is 32.9. The van der Waals surface area contributed by atoms with Gasteiger partial charge in [0.1, 0.15) is 0 Å². The molecule has 0 bridgehead atoms. The van der Waals surface area contributed by atoms with Crippen molar-refractivity contribution in [3.8, 4) is 11.5 Å². The Balaban J connectivity index is 1.99. The van der Waals surface area contributed by atoms with Gasteiger partial charge in [0.05, 0.1) is 23.7 Å². The molecule has 0 spiro atoms. The topological polar surface area (TPSA) is 105 Å². The van der Waals surface area contributed by atoms with Crippen LogP contribution in [0.3, 0.4) is 0 Å². The van der Waals surface area contributed by atoms with Gasteiger partial charge in [0, 0.05) is 6.54 Å². The number of nitrogens with zero attached hydrogens (tertiary/aromatic N) is 3. The summed E-state index contributed by atoms with van der Waals surface area (Å²) < 4.78 is 7.14. The fraction of sp³-hybridized carbons (Fsp3) is 0.348. The molecule has 1 aliphatic rings. The second-order valence-corrected chi connectivity index (χ2v) is 7.54. The first-order valence-corrected chi connectivity index (χ1v) is 10.4. The predicted molar refractivity (Wildman–Crippen MR) is 115 cm³/mol. The van der Waals surface area contributed by atoms with E-state index in [9.17, 15) is 19.8 Å². The van der Waals surface area contributed by atoms with Gasteiger partial charge in [-0.25, -0.2) is 4.98 Å². The number of anilines is 1. The number of benzene rings is 2. The lowest BCUT2D eigenvalue weighted by atomic mass is 9.89. The summed E-state index contributed by atoms with van der Waals surface area (Å²) in [7, 11) is 0. The quantitative estimate of drug-likeness (QED) is 0.358. The van der Waals surface area contributed by atoms with Crippen LogP contribution in [0.15, 0.2) is 42.5 Å². The standard InChI is InChI=1S/C23H25N3O5/c1-3-5-12-25-21(29)19(22(30)31-4-2)20(14-10-11-17(27)18(28)13-14)26-16-9-7-6-8-15(16)24-23(25)26/h6-11,13,19-20,27-28H,3-5,12H2,1-2H3/t19-,20-/m0/s1. The molecule has 162 valence electrons. The van der Waals surface area contributed by atoms with Crippen LogP contribution in [0.25, 0.3) is 11.0 Å². The highest BCUT2D eigenvalue weighted by molar-refractivity contribution is 6.08. The number of carbonyl (C=O) groups is 2. The third kappa shape index (κ3) is 3.48. The number of esters is 1. The van der Waals surface area contributed by atoms with Gasteiger partial charge in [-0.05, 0) is 43.2 Å². The fourth-order valence-electron chi connectivity index (χ4n) is 4.10. The van der Waals surface area contributed by atoms with Gasteiger partial charge in [0.15, 0.2) is 17.4 Å². The second kappa shape index (κ2) is 8.29.